The van der Waals surface area contributed by atoms with Crippen molar-refractivity contribution in [3.63, 3.8) is 0 Å². The predicted octanol–water partition coefficient (Wildman–Crippen LogP) is -0.397. The van der Waals surface area contributed by atoms with Gasteiger partial charge in [0.2, 0.25) is 5.91 Å². The lowest BCUT2D eigenvalue weighted by Crippen LogP contribution is -2.44. The fourth-order valence-corrected chi connectivity index (χ4v) is 2.26. The summed E-state index contributed by atoms with van der Waals surface area (Å²) < 4.78 is 25.7. The summed E-state index contributed by atoms with van der Waals surface area (Å²) in [6.45, 7) is 3.92. The van der Waals surface area contributed by atoms with Crippen LogP contribution in [0.2, 0.25) is 0 Å². The third kappa shape index (κ3) is 3.82. The Morgan fingerprint density at radius 1 is 1.59 bits per heavy atom. The maximum Gasteiger partial charge on any atom is 0.258 e. The Hall–Kier alpha value is -1.41. The molecule has 1 amide bonds. The minimum Gasteiger partial charge on any atom is -0.355 e. The van der Waals surface area contributed by atoms with Gasteiger partial charge in [0.1, 0.15) is 0 Å². The molecular formula is C9H16N4O3S. The van der Waals surface area contributed by atoms with E-state index >= 15 is 0 Å². The zero-order valence-electron chi connectivity index (χ0n) is 9.73. The van der Waals surface area contributed by atoms with Crippen molar-refractivity contribution in [2.24, 2.45) is 0 Å². The zero-order valence-corrected chi connectivity index (χ0v) is 10.5. The standard InChI is InChI=1S/C9H16N4O3S/c1-3-5-10-9(14)7(2)13-17(15,16)8-4-6-11-12-8/h4,6-7,13H,3,5H2,1-2H3,(H,10,14)(H,11,12). The molecule has 0 aliphatic rings. The monoisotopic (exact) mass is 260 g/mol. The number of amides is 1. The smallest absolute Gasteiger partial charge is 0.258 e. The van der Waals surface area contributed by atoms with Gasteiger partial charge in [-0.05, 0) is 19.4 Å². The van der Waals surface area contributed by atoms with Crippen LogP contribution >= 0.6 is 0 Å². The van der Waals surface area contributed by atoms with E-state index in [1.54, 1.807) is 0 Å². The first-order chi connectivity index (χ1) is 7.97. The summed E-state index contributed by atoms with van der Waals surface area (Å²) in [7, 11) is -3.72. The van der Waals surface area contributed by atoms with Crippen LogP contribution in [0.4, 0.5) is 0 Å². The fourth-order valence-electron chi connectivity index (χ4n) is 1.14. The first-order valence-corrected chi connectivity index (χ1v) is 6.75. The quantitative estimate of drug-likeness (QED) is 0.647. The summed E-state index contributed by atoms with van der Waals surface area (Å²) in [5, 5.41) is 8.42. The molecule has 96 valence electrons. The molecule has 1 rings (SSSR count). The van der Waals surface area contributed by atoms with E-state index in [-0.39, 0.29) is 10.9 Å². The number of carbonyl (C=O) groups excluding carboxylic acids is 1. The van der Waals surface area contributed by atoms with Crippen molar-refractivity contribution in [1.82, 2.24) is 20.2 Å². The number of nitrogens with one attached hydrogen (secondary N) is 3. The highest BCUT2D eigenvalue weighted by molar-refractivity contribution is 7.89. The Morgan fingerprint density at radius 2 is 2.29 bits per heavy atom. The Bertz CT molecular complexity index is 455. The van der Waals surface area contributed by atoms with Gasteiger partial charge in [-0.2, -0.15) is 9.82 Å². The van der Waals surface area contributed by atoms with Gasteiger partial charge in [-0.3, -0.25) is 9.89 Å². The van der Waals surface area contributed by atoms with Crippen molar-refractivity contribution in [2.45, 2.75) is 31.3 Å². The summed E-state index contributed by atoms with van der Waals surface area (Å²) >= 11 is 0. The van der Waals surface area contributed by atoms with Crippen molar-refractivity contribution in [3.8, 4) is 0 Å². The highest BCUT2D eigenvalue weighted by Gasteiger charge is 2.22. The van der Waals surface area contributed by atoms with Gasteiger partial charge in [0.15, 0.2) is 5.03 Å². The third-order valence-corrected chi connectivity index (χ3v) is 3.51. The summed E-state index contributed by atoms with van der Waals surface area (Å²) in [5.74, 6) is -0.352. The van der Waals surface area contributed by atoms with Gasteiger partial charge >= 0.3 is 0 Å². The summed E-state index contributed by atoms with van der Waals surface area (Å²) in [6, 6.07) is 0.494. The minimum atomic E-state index is -3.72. The molecule has 0 spiro atoms. The second-order valence-electron chi connectivity index (χ2n) is 3.55. The summed E-state index contributed by atoms with van der Waals surface area (Å²) in [5.41, 5.74) is 0. The molecule has 0 fully saturated rings. The average Bonchev–Trinajstić information content (AvgIpc) is 2.79. The highest BCUT2D eigenvalue weighted by atomic mass is 32.2. The molecule has 0 bridgehead atoms. The lowest BCUT2D eigenvalue weighted by atomic mass is 10.3. The highest BCUT2D eigenvalue weighted by Crippen LogP contribution is 2.03. The molecule has 17 heavy (non-hydrogen) atoms. The van der Waals surface area contributed by atoms with Crippen molar-refractivity contribution in [3.05, 3.63) is 12.3 Å². The van der Waals surface area contributed by atoms with Crippen LogP contribution in [0.5, 0.6) is 0 Å². The Morgan fingerprint density at radius 3 is 2.82 bits per heavy atom. The van der Waals surface area contributed by atoms with Crippen molar-refractivity contribution < 1.29 is 13.2 Å². The van der Waals surface area contributed by atoms with E-state index in [0.717, 1.165) is 6.42 Å². The van der Waals surface area contributed by atoms with Crippen LogP contribution in [0.1, 0.15) is 20.3 Å². The molecular weight excluding hydrogens is 244 g/mol. The van der Waals surface area contributed by atoms with Crippen LogP contribution in [-0.2, 0) is 14.8 Å². The van der Waals surface area contributed by atoms with E-state index in [0.29, 0.717) is 6.54 Å². The SMILES string of the molecule is CCCNC(=O)C(C)NS(=O)(=O)c1ccn[nH]1. The van der Waals surface area contributed by atoms with Gasteiger partial charge in [0.05, 0.1) is 12.2 Å². The molecule has 0 radical (unpaired) electrons. The summed E-state index contributed by atoms with van der Waals surface area (Å²) in [6.07, 6.45) is 2.13. The first-order valence-electron chi connectivity index (χ1n) is 5.26. The van der Waals surface area contributed by atoms with Gasteiger partial charge in [-0.25, -0.2) is 8.42 Å². The van der Waals surface area contributed by atoms with Gasteiger partial charge in [-0.15, -0.1) is 0 Å². The number of aromatic nitrogens is 2. The van der Waals surface area contributed by atoms with E-state index in [4.69, 9.17) is 0 Å². The van der Waals surface area contributed by atoms with Crippen molar-refractivity contribution in [2.75, 3.05) is 6.54 Å². The molecule has 0 saturated heterocycles. The van der Waals surface area contributed by atoms with Gasteiger partial charge in [0.25, 0.3) is 10.0 Å². The molecule has 1 unspecified atom stereocenters. The number of sulfonamides is 1. The molecule has 0 aliphatic carbocycles. The fraction of sp³-hybridized carbons (Fsp3) is 0.556. The molecule has 3 N–H and O–H groups in total. The number of H-pyrrole nitrogens is 1. The van der Waals surface area contributed by atoms with Crippen LogP contribution < -0.4 is 10.0 Å². The van der Waals surface area contributed by atoms with Crippen LogP contribution in [-0.4, -0.2) is 37.1 Å². The van der Waals surface area contributed by atoms with Crippen LogP contribution in [0.3, 0.4) is 0 Å². The molecule has 1 aromatic rings. The van der Waals surface area contributed by atoms with Gasteiger partial charge in [-0.1, -0.05) is 6.92 Å². The lowest BCUT2D eigenvalue weighted by Gasteiger charge is -2.12. The third-order valence-electron chi connectivity index (χ3n) is 2.04. The van der Waals surface area contributed by atoms with Gasteiger partial charge in [0, 0.05) is 6.54 Å². The predicted molar refractivity (Wildman–Crippen MR) is 61.7 cm³/mol. The minimum absolute atomic E-state index is 0.0624. The second kappa shape index (κ2) is 5.78. The lowest BCUT2D eigenvalue weighted by molar-refractivity contribution is -0.122. The van der Waals surface area contributed by atoms with Gasteiger partial charge < -0.3 is 5.32 Å². The molecule has 8 heteroatoms. The number of hydrogen-bond acceptors (Lipinski definition) is 4. The van der Waals surface area contributed by atoms with Crippen LogP contribution in [0.15, 0.2) is 17.3 Å². The normalized spacial score (nSPS) is 13.3. The molecule has 1 atom stereocenters. The summed E-state index contributed by atoms with van der Waals surface area (Å²) in [4.78, 5) is 11.5. The van der Waals surface area contributed by atoms with E-state index < -0.39 is 16.1 Å². The molecule has 1 aromatic heterocycles. The topological polar surface area (TPSA) is 104 Å². The molecule has 0 aromatic carbocycles. The average molecular weight is 260 g/mol. The number of nitrogens with zero attached hydrogens (tertiary/aromatic N) is 1. The molecule has 7 nitrogen and oxygen atoms in total. The van der Waals surface area contributed by atoms with Crippen molar-refractivity contribution in [1.29, 1.82) is 0 Å². The molecule has 0 aliphatic heterocycles. The zero-order chi connectivity index (χ0) is 12.9. The maximum absolute atomic E-state index is 11.7. The largest absolute Gasteiger partial charge is 0.355 e. The molecule has 0 saturated carbocycles. The number of aromatic amines is 1. The molecule has 1 heterocycles. The number of carbonyl (C=O) groups is 1. The Balaban J connectivity index is 2.62. The van der Waals surface area contributed by atoms with E-state index in [2.05, 4.69) is 20.2 Å². The Labute approximate surface area is 100 Å². The second-order valence-corrected chi connectivity index (χ2v) is 5.24. The van der Waals surface area contributed by atoms with E-state index in [1.807, 2.05) is 6.92 Å². The maximum atomic E-state index is 11.7. The van der Waals surface area contributed by atoms with E-state index in [1.165, 1.54) is 19.2 Å². The number of hydrogen-bond donors (Lipinski definition) is 3. The van der Waals surface area contributed by atoms with Crippen LogP contribution in [0, 0.1) is 0 Å². The number of rotatable bonds is 6. The Kier molecular flexibility index (Phi) is 4.64. The first kappa shape index (κ1) is 13.7. The van der Waals surface area contributed by atoms with Crippen LogP contribution in [0.25, 0.3) is 0 Å². The van der Waals surface area contributed by atoms with Crippen molar-refractivity contribution >= 4 is 15.9 Å². The van der Waals surface area contributed by atoms with E-state index in [9.17, 15) is 13.2 Å².